The van der Waals surface area contributed by atoms with E-state index in [2.05, 4.69) is 65.0 Å². The molecule has 90 valence electrons. The first-order chi connectivity index (χ1) is 7.33. The number of hydrogen-bond acceptors (Lipinski definition) is 1. The second kappa shape index (κ2) is 5.57. The van der Waals surface area contributed by atoms with E-state index in [1.165, 1.54) is 22.5 Å². The number of thiophene rings is 1. The van der Waals surface area contributed by atoms with Crippen molar-refractivity contribution in [1.82, 2.24) is 0 Å². The van der Waals surface area contributed by atoms with Gasteiger partial charge in [-0.05, 0) is 0 Å². The molecule has 0 aliphatic rings. The third kappa shape index (κ3) is 2.44. The molecule has 1 aromatic rings. The molecule has 0 aliphatic carbocycles. The van der Waals surface area contributed by atoms with Crippen molar-refractivity contribution < 1.29 is 0 Å². The van der Waals surface area contributed by atoms with Crippen LogP contribution in [0, 0.1) is 0 Å². The molecule has 0 aliphatic heterocycles. The normalized spacial score (nSPS) is 13.1. The number of hydrogen-bond donors (Lipinski definition) is 0. The zero-order chi connectivity index (χ0) is 12.5. The Balaban J connectivity index is 3.33. The Morgan fingerprint density at radius 1 is 0.938 bits per heavy atom. The van der Waals surface area contributed by atoms with Crippen LogP contribution in [-0.4, -0.2) is 30.6 Å². The molecule has 0 bridgehead atoms. The van der Waals surface area contributed by atoms with Gasteiger partial charge in [-0.1, -0.05) is 0 Å². The van der Waals surface area contributed by atoms with Crippen molar-refractivity contribution in [2.75, 3.05) is 0 Å². The molecule has 0 aromatic carbocycles. The maximum atomic E-state index is 2.44. The number of rotatable bonds is 4. The summed E-state index contributed by atoms with van der Waals surface area (Å²) in [5, 5.41) is 0. The van der Waals surface area contributed by atoms with E-state index in [1.807, 2.05) is 0 Å². The van der Waals surface area contributed by atoms with E-state index in [1.54, 1.807) is 7.39 Å². The van der Waals surface area contributed by atoms with Crippen LogP contribution in [0.1, 0.15) is 41.5 Å². The molecule has 1 rings (SSSR count). The van der Waals surface area contributed by atoms with Crippen molar-refractivity contribution >= 4 is 49.3 Å². The SMILES string of the molecule is CC(C)[Si](c1cc[c]([SnH])s1)(C(C)C)C(C)C. The Hall–Kier alpha value is 0.716. The first-order valence-corrected chi connectivity index (χ1v) is 10.9. The van der Waals surface area contributed by atoms with Gasteiger partial charge < -0.3 is 0 Å². The molecular weight excluding hydrogens is 335 g/mol. The van der Waals surface area contributed by atoms with Gasteiger partial charge in [0.25, 0.3) is 0 Å². The predicted octanol–water partition coefficient (Wildman–Crippen LogP) is 3.16. The first-order valence-electron chi connectivity index (χ1n) is 6.19. The van der Waals surface area contributed by atoms with Crippen LogP contribution in [0.5, 0.6) is 0 Å². The third-order valence-electron chi connectivity index (χ3n) is 3.92. The Kier molecular flexibility index (Phi) is 5.14. The summed E-state index contributed by atoms with van der Waals surface area (Å²) in [7, 11) is -1.34. The molecule has 3 heteroatoms. The topological polar surface area (TPSA) is 0 Å². The van der Waals surface area contributed by atoms with Gasteiger partial charge in [-0.3, -0.25) is 0 Å². The van der Waals surface area contributed by atoms with E-state index in [9.17, 15) is 0 Å². The molecule has 0 N–H and O–H groups in total. The van der Waals surface area contributed by atoms with Crippen molar-refractivity contribution in [3.63, 3.8) is 0 Å². The van der Waals surface area contributed by atoms with Crippen molar-refractivity contribution in [2.45, 2.75) is 58.2 Å². The van der Waals surface area contributed by atoms with E-state index in [0.29, 0.717) is 0 Å². The second-order valence-corrected chi connectivity index (χ2v) is 15.9. The standard InChI is InChI=1S/C13H23SSi.Sn.H/c1-10(2)15(11(3)4,12(5)6)13-8-7-9-14-13;;/h7-8,10-12H,1-6H3;;. The minimum atomic E-state index is -1.34. The van der Waals surface area contributed by atoms with Crippen LogP contribution >= 0.6 is 11.3 Å². The minimum absolute atomic E-state index is 0.839. The Morgan fingerprint density at radius 3 is 1.62 bits per heavy atom. The third-order valence-corrected chi connectivity index (χ3v) is 14.3. The van der Waals surface area contributed by atoms with Crippen LogP contribution < -0.4 is 7.39 Å². The van der Waals surface area contributed by atoms with E-state index in [-0.39, 0.29) is 0 Å². The van der Waals surface area contributed by atoms with Crippen LogP contribution in [0.25, 0.3) is 0 Å². The quantitative estimate of drug-likeness (QED) is 0.725. The summed E-state index contributed by atoms with van der Waals surface area (Å²) in [6.07, 6.45) is 0. The van der Waals surface area contributed by atoms with Gasteiger partial charge in [0.15, 0.2) is 0 Å². The fourth-order valence-corrected chi connectivity index (χ4v) is 15.6. The Bertz CT molecular complexity index is 320. The van der Waals surface area contributed by atoms with Gasteiger partial charge in [0.1, 0.15) is 0 Å². The summed E-state index contributed by atoms with van der Waals surface area (Å²) in [6.45, 7) is 14.7. The fraction of sp³-hybridized carbons (Fsp3) is 0.692. The molecular formula is C13H24SSiSn. The van der Waals surface area contributed by atoms with Crippen LogP contribution in [0.3, 0.4) is 0 Å². The van der Waals surface area contributed by atoms with Crippen molar-refractivity contribution in [2.24, 2.45) is 0 Å². The summed E-state index contributed by atoms with van der Waals surface area (Å²) in [4.78, 5) is 0. The Labute approximate surface area is 119 Å². The van der Waals surface area contributed by atoms with Gasteiger partial charge in [0.2, 0.25) is 0 Å². The second-order valence-electron chi connectivity index (χ2n) is 5.60. The van der Waals surface area contributed by atoms with Crippen LogP contribution in [-0.2, 0) is 0 Å². The molecule has 0 amide bonds. The van der Waals surface area contributed by atoms with Crippen molar-refractivity contribution in [3.05, 3.63) is 12.1 Å². The summed E-state index contributed by atoms with van der Waals surface area (Å²) >= 11 is 3.37. The van der Waals surface area contributed by atoms with Crippen molar-refractivity contribution in [3.8, 4) is 0 Å². The molecule has 0 nitrogen and oxygen atoms in total. The van der Waals surface area contributed by atoms with Gasteiger partial charge in [0.05, 0.1) is 0 Å². The van der Waals surface area contributed by atoms with Gasteiger partial charge in [-0.2, -0.15) is 0 Å². The summed E-state index contributed by atoms with van der Waals surface area (Å²) in [5.74, 6) is 0. The molecule has 1 heterocycles. The zero-order valence-corrected chi connectivity index (χ0v) is 16.5. The van der Waals surface area contributed by atoms with Crippen LogP contribution in [0.2, 0.25) is 16.6 Å². The molecule has 2 radical (unpaired) electrons. The fourth-order valence-electron chi connectivity index (χ4n) is 3.44. The molecule has 0 saturated carbocycles. The predicted molar refractivity (Wildman–Crippen MR) is 81.8 cm³/mol. The van der Waals surface area contributed by atoms with Crippen LogP contribution in [0.15, 0.2) is 12.1 Å². The van der Waals surface area contributed by atoms with Crippen LogP contribution in [0.4, 0.5) is 0 Å². The monoisotopic (exact) mass is 360 g/mol. The summed E-state index contributed by atoms with van der Waals surface area (Å²) < 4.78 is 3.34. The molecule has 0 spiro atoms. The van der Waals surface area contributed by atoms with Gasteiger partial charge in [0, 0.05) is 0 Å². The van der Waals surface area contributed by atoms with E-state index in [0.717, 1.165) is 16.6 Å². The van der Waals surface area contributed by atoms with Gasteiger partial charge >= 0.3 is 120 Å². The van der Waals surface area contributed by atoms with E-state index in [4.69, 9.17) is 0 Å². The average Bonchev–Trinajstić information content (AvgIpc) is 2.50. The molecule has 16 heavy (non-hydrogen) atoms. The van der Waals surface area contributed by atoms with E-state index < -0.39 is 8.07 Å². The average molecular weight is 359 g/mol. The first kappa shape index (κ1) is 14.8. The maximum absolute atomic E-state index is 2.44. The summed E-state index contributed by atoms with van der Waals surface area (Å²) in [5.41, 5.74) is 2.52. The molecule has 0 fully saturated rings. The molecule has 0 unspecified atom stereocenters. The zero-order valence-electron chi connectivity index (χ0n) is 11.4. The van der Waals surface area contributed by atoms with Crippen molar-refractivity contribution in [1.29, 1.82) is 0 Å². The molecule has 0 saturated heterocycles. The van der Waals surface area contributed by atoms with Gasteiger partial charge in [-0.15, -0.1) is 0 Å². The summed E-state index contributed by atoms with van der Waals surface area (Å²) in [6, 6.07) is 4.80. The van der Waals surface area contributed by atoms with Gasteiger partial charge in [-0.25, -0.2) is 0 Å². The van der Waals surface area contributed by atoms with E-state index >= 15 is 0 Å². The molecule has 1 aromatic heterocycles. The molecule has 0 atom stereocenters. The Morgan fingerprint density at radius 2 is 1.38 bits per heavy atom.